The molecule has 7 atom stereocenters. The molecule has 76 heavy (non-hydrogen) atoms. The average molecular weight is 1070 g/mol. The Morgan fingerprint density at radius 2 is 0.776 bits per heavy atom. The minimum absolute atomic E-state index is 0.174. The van der Waals surface area contributed by atoms with Gasteiger partial charge in [0.1, 0.15) is 24.4 Å². The van der Waals surface area contributed by atoms with Gasteiger partial charge in [0, 0.05) is 6.42 Å². The molecule has 6 N–H and O–H groups in total. The topological polar surface area (TPSA) is 149 Å². The lowest BCUT2D eigenvalue weighted by molar-refractivity contribution is -0.302. The van der Waals surface area contributed by atoms with E-state index in [0.717, 1.165) is 51.4 Å². The number of ether oxygens (including phenoxy) is 2. The molecule has 0 aromatic heterocycles. The number of hydrogen-bond donors (Lipinski definition) is 6. The molecule has 0 aliphatic carbocycles. The molecule has 1 rings (SSSR count). The first kappa shape index (κ1) is 72.2. The van der Waals surface area contributed by atoms with Gasteiger partial charge in [-0.15, -0.1) is 0 Å². The Morgan fingerprint density at radius 1 is 0.447 bits per heavy atom. The number of carbonyl (C=O) groups is 1. The molecule has 1 aliphatic heterocycles. The second-order valence-electron chi connectivity index (χ2n) is 22.9. The highest BCUT2D eigenvalue weighted by atomic mass is 16.7. The van der Waals surface area contributed by atoms with E-state index in [2.05, 4.69) is 55.6 Å². The smallest absolute Gasteiger partial charge is 0.220 e. The molecule has 0 spiro atoms. The Morgan fingerprint density at radius 3 is 1.14 bits per heavy atom. The number of amides is 1. The van der Waals surface area contributed by atoms with Gasteiger partial charge in [0.15, 0.2) is 6.29 Å². The van der Waals surface area contributed by atoms with Crippen LogP contribution >= 0.6 is 0 Å². The van der Waals surface area contributed by atoms with Crippen molar-refractivity contribution in [3.63, 3.8) is 0 Å². The molecule has 1 fully saturated rings. The van der Waals surface area contributed by atoms with Gasteiger partial charge in [-0.25, -0.2) is 0 Å². The summed E-state index contributed by atoms with van der Waals surface area (Å²) in [6.45, 7) is 3.81. The molecular weight excluding hydrogens is 947 g/mol. The summed E-state index contributed by atoms with van der Waals surface area (Å²) in [6.07, 6.45) is 69.1. The summed E-state index contributed by atoms with van der Waals surface area (Å²) in [7, 11) is 0. The fourth-order valence-corrected chi connectivity index (χ4v) is 10.5. The number of unbranched alkanes of at least 4 members (excludes halogenated alkanes) is 41. The third-order valence-electron chi connectivity index (χ3n) is 15.6. The van der Waals surface area contributed by atoms with E-state index in [-0.39, 0.29) is 12.5 Å². The zero-order chi connectivity index (χ0) is 55.0. The van der Waals surface area contributed by atoms with E-state index >= 15 is 0 Å². The van der Waals surface area contributed by atoms with Gasteiger partial charge in [-0.05, 0) is 57.8 Å². The van der Waals surface area contributed by atoms with Crippen LogP contribution in [-0.4, -0.2) is 87.5 Å². The van der Waals surface area contributed by atoms with Gasteiger partial charge >= 0.3 is 0 Å². The zero-order valence-electron chi connectivity index (χ0n) is 49.8. The summed E-state index contributed by atoms with van der Waals surface area (Å²) < 4.78 is 11.3. The highest BCUT2D eigenvalue weighted by molar-refractivity contribution is 5.76. The maximum absolute atomic E-state index is 13.1. The van der Waals surface area contributed by atoms with Crippen molar-refractivity contribution in [2.45, 2.75) is 358 Å². The fourth-order valence-electron chi connectivity index (χ4n) is 10.5. The highest BCUT2D eigenvalue weighted by Crippen LogP contribution is 2.23. The van der Waals surface area contributed by atoms with E-state index < -0.39 is 49.5 Å². The number of carbonyl (C=O) groups excluding carboxylic acids is 1. The van der Waals surface area contributed by atoms with Crippen molar-refractivity contribution in [2.24, 2.45) is 0 Å². The monoisotopic (exact) mass is 1070 g/mol. The molecule has 0 aromatic carbocycles. The molecule has 0 aromatic rings. The number of allylic oxidation sites excluding steroid dienone is 7. The van der Waals surface area contributed by atoms with E-state index in [1.165, 1.54) is 244 Å². The second kappa shape index (κ2) is 56.4. The van der Waals surface area contributed by atoms with Crippen LogP contribution in [0.1, 0.15) is 316 Å². The third kappa shape index (κ3) is 44.9. The lowest BCUT2D eigenvalue weighted by Gasteiger charge is -2.40. The molecule has 1 aliphatic rings. The predicted molar refractivity (Wildman–Crippen MR) is 323 cm³/mol. The van der Waals surface area contributed by atoms with Gasteiger partial charge in [-0.3, -0.25) is 4.79 Å². The van der Waals surface area contributed by atoms with Crippen molar-refractivity contribution < 1.29 is 39.8 Å². The fraction of sp³-hybridized carbons (Fsp3) is 0.866. The SMILES string of the molecule is CCCCCCC/C=C\C/C=C\C/C=C\CCCCCCCCCCCCCCCCC(=O)NC(COC1OC(CO)C(O)C(O)C1O)C(O)/C=C/CCCCCCCCCCCCCCCCCCCCCCCC. The summed E-state index contributed by atoms with van der Waals surface area (Å²) >= 11 is 0. The Hall–Kier alpha value is -1.85. The Balaban J connectivity index is 2.17. The summed E-state index contributed by atoms with van der Waals surface area (Å²) in [6, 6.07) is -0.807. The van der Waals surface area contributed by atoms with Crippen molar-refractivity contribution in [2.75, 3.05) is 13.2 Å². The summed E-state index contributed by atoms with van der Waals surface area (Å²) in [5, 5.41) is 54.7. The van der Waals surface area contributed by atoms with Crippen LogP contribution in [0, 0.1) is 0 Å². The molecule has 9 nitrogen and oxygen atoms in total. The molecule has 0 saturated carbocycles. The van der Waals surface area contributed by atoms with Crippen molar-refractivity contribution in [1.82, 2.24) is 5.32 Å². The summed E-state index contributed by atoms with van der Waals surface area (Å²) in [5.74, 6) is -0.174. The van der Waals surface area contributed by atoms with Crippen LogP contribution in [0.4, 0.5) is 0 Å². The molecular formula is C67H125NO8. The lowest BCUT2D eigenvalue weighted by atomic mass is 9.99. The minimum atomic E-state index is -1.57. The number of nitrogens with one attached hydrogen (secondary N) is 1. The minimum Gasteiger partial charge on any atom is -0.394 e. The van der Waals surface area contributed by atoms with Crippen molar-refractivity contribution in [3.05, 3.63) is 48.6 Å². The second-order valence-corrected chi connectivity index (χ2v) is 22.9. The standard InChI is InChI=1S/C67H125NO8/c1-3-5-7-9-11-13-15-17-19-21-23-25-27-29-30-31-32-33-35-37-39-41-43-45-47-49-51-53-55-57-63(71)68-60(59-75-67-66(74)65(73)64(72)62(58-69)76-67)61(70)56-54-52-50-48-46-44-42-40-38-36-34-28-26-24-22-20-18-16-14-12-10-8-6-4-2/h15,17,21,23,27,29,54,56,60-62,64-67,69-70,72-74H,3-14,16,18-20,22,24-26,28,30-53,55,57-59H2,1-2H3,(H,68,71)/b17-15-,23-21-,29-27-,56-54+. The summed E-state index contributed by atoms with van der Waals surface area (Å²) in [4.78, 5) is 13.1. The molecule has 7 unspecified atom stereocenters. The first-order valence-electron chi connectivity index (χ1n) is 32.9. The Labute approximate surface area is 469 Å². The molecule has 1 heterocycles. The molecule has 446 valence electrons. The Bertz CT molecular complexity index is 1340. The van der Waals surface area contributed by atoms with Gasteiger partial charge in [0.2, 0.25) is 5.91 Å². The number of rotatable bonds is 57. The van der Waals surface area contributed by atoms with Crippen LogP contribution in [0.15, 0.2) is 48.6 Å². The van der Waals surface area contributed by atoms with Gasteiger partial charge in [0.25, 0.3) is 0 Å². The van der Waals surface area contributed by atoms with Gasteiger partial charge in [-0.2, -0.15) is 0 Å². The lowest BCUT2D eigenvalue weighted by Crippen LogP contribution is -2.60. The van der Waals surface area contributed by atoms with Crippen LogP contribution in [0.2, 0.25) is 0 Å². The predicted octanol–water partition coefficient (Wildman–Crippen LogP) is 17.2. The van der Waals surface area contributed by atoms with E-state index in [0.29, 0.717) is 6.42 Å². The maximum atomic E-state index is 13.1. The Kier molecular flexibility index (Phi) is 53.6. The highest BCUT2D eigenvalue weighted by Gasteiger charge is 2.44. The number of aliphatic hydroxyl groups is 5. The van der Waals surface area contributed by atoms with Crippen LogP contribution in [0.25, 0.3) is 0 Å². The number of hydrogen-bond acceptors (Lipinski definition) is 8. The maximum Gasteiger partial charge on any atom is 0.220 e. The van der Waals surface area contributed by atoms with E-state index in [1.54, 1.807) is 6.08 Å². The average Bonchev–Trinajstić information content (AvgIpc) is 3.42. The van der Waals surface area contributed by atoms with Crippen LogP contribution < -0.4 is 5.32 Å². The molecule has 9 heteroatoms. The molecule has 0 radical (unpaired) electrons. The van der Waals surface area contributed by atoms with E-state index in [4.69, 9.17) is 9.47 Å². The van der Waals surface area contributed by atoms with Crippen molar-refractivity contribution in [1.29, 1.82) is 0 Å². The first-order chi connectivity index (χ1) is 37.3. The number of aliphatic hydroxyl groups excluding tert-OH is 5. The molecule has 1 amide bonds. The van der Waals surface area contributed by atoms with Crippen molar-refractivity contribution in [3.8, 4) is 0 Å². The quantitative estimate of drug-likeness (QED) is 0.0261. The molecule has 0 bridgehead atoms. The van der Waals surface area contributed by atoms with Gasteiger partial charge in [0.05, 0.1) is 25.4 Å². The zero-order valence-corrected chi connectivity index (χ0v) is 49.8. The normalized spacial score (nSPS) is 19.1. The van der Waals surface area contributed by atoms with Crippen molar-refractivity contribution >= 4 is 5.91 Å². The van der Waals surface area contributed by atoms with Crippen LogP contribution in [0.5, 0.6) is 0 Å². The van der Waals surface area contributed by atoms with Crippen LogP contribution in [0.3, 0.4) is 0 Å². The van der Waals surface area contributed by atoms with Gasteiger partial charge in [-0.1, -0.05) is 300 Å². The van der Waals surface area contributed by atoms with E-state index in [1.807, 2.05) is 6.08 Å². The van der Waals surface area contributed by atoms with Gasteiger partial charge < -0.3 is 40.3 Å². The largest absolute Gasteiger partial charge is 0.394 e. The van der Waals surface area contributed by atoms with E-state index in [9.17, 15) is 30.3 Å². The summed E-state index contributed by atoms with van der Waals surface area (Å²) in [5.41, 5.74) is 0. The molecule has 1 saturated heterocycles. The third-order valence-corrected chi connectivity index (χ3v) is 15.6. The first-order valence-corrected chi connectivity index (χ1v) is 32.9. The van der Waals surface area contributed by atoms with Crippen LogP contribution in [-0.2, 0) is 14.3 Å².